The van der Waals surface area contributed by atoms with Gasteiger partial charge in [0.15, 0.2) is 0 Å². The lowest BCUT2D eigenvalue weighted by Crippen LogP contribution is -2.35. The first-order valence-electron chi connectivity index (χ1n) is 8.92. The summed E-state index contributed by atoms with van der Waals surface area (Å²) in [5, 5.41) is 7.22. The molecule has 1 heterocycles. The van der Waals surface area contributed by atoms with Gasteiger partial charge >= 0.3 is 0 Å². The molecule has 3 aromatic rings. The Labute approximate surface area is 164 Å². The summed E-state index contributed by atoms with van der Waals surface area (Å²) in [7, 11) is 3.13. The Morgan fingerprint density at radius 3 is 2.36 bits per heavy atom. The third kappa shape index (κ3) is 4.54. The lowest BCUT2D eigenvalue weighted by Gasteiger charge is -2.13. The zero-order valence-electron chi connectivity index (χ0n) is 15.9. The molecule has 0 aliphatic rings. The fraction of sp³-hybridized carbons (Fsp3) is 0.136. The Bertz CT molecular complexity index is 978. The number of hydrogen-bond donors (Lipinski definition) is 1. The Balaban J connectivity index is 1.92. The fourth-order valence-electron chi connectivity index (χ4n) is 2.70. The first-order valence-corrected chi connectivity index (χ1v) is 8.92. The highest BCUT2D eigenvalue weighted by Crippen LogP contribution is 2.24. The molecule has 1 aromatic heterocycles. The molecule has 2 amide bonds. The largest absolute Gasteiger partial charge is 0.358 e. The van der Waals surface area contributed by atoms with E-state index in [4.69, 9.17) is 5.10 Å². The van der Waals surface area contributed by atoms with Crippen molar-refractivity contribution in [2.45, 2.75) is 0 Å². The second-order valence-corrected chi connectivity index (χ2v) is 6.28. The zero-order valence-corrected chi connectivity index (χ0v) is 15.9. The van der Waals surface area contributed by atoms with Gasteiger partial charge in [0.25, 0.3) is 0 Å². The molecule has 0 saturated heterocycles. The molecular formula is C22H22N4O2. The second-order valence-electron chi connectivity index (χ2n) is 6.28. The van der Waals surface area contributed by atoms with Crippen LogP contribution in [0.3, 0.4) is 0 Å². The van der Waals surface area contributed by atoms with Gasteiger partial charge in [-0.1, -0.05) is 48.5 Å². The van der Waals surface area contributed by atoms with E-state index in [1.807, 2.05) is 66.9 Å². The summed E-state index contributed by atoms with van der Waals surface area (Å²) in [6.07, 6.45) is 5.08. The molecule has 2 aromatic carbocycles. The van der Waals surface area contributed by atoms with Crippen LogP contribution < -0.4 is 5.32 Å². The highest BCUT2D eigenvalue weighted by atomic mass is 16.2. The molecule has 0 aliphatic carbocycles. The number of likely N-dealkylation sites (N-methyl/N-ethyl adjacent to an activating group) is 2. The molecular weight excluding hydrogens is 352 g/mol. The molecule has 0 saturated carbocycles. The van der Waals surface area contributed by atoms with Crippen LogP contribution in [0.4, 0.5) is 0 Å². The second kappa shape index (κ2) is 8.81. The van der Waals surface area contributed by atoms with Gasteiger partial charge in [0.1, 0.15) is 0 Å². The van der Waals surface area contributed by atoms with Gasteiger partial charge in [-0.15, -0.1) is 0 Å². The monoisotopic (exact) mass is 374 g/mol. The number of carbonyl (C=O) groups is 2. The Morgan fingerprint density at radius 2 is 1.71 bits per heavy atom. The van der Waals surface area contributed by atoms with E-state index >= 15 is 0 Å². The predicted octanol–water partition coefficient (Wildman–Crippen LogP) is 2.76. The number of aromatic nitrogens is 2. The Morgan fingerprint density at radius 1 is 1.07 bits per heavy atom. The van der Waals surface area contributed by atoms with Gasteiger partial charge in [-0.3, -0.25) is 9.59 Å². The van der Waals surface area contributed by atoms with E-state index < -0.39 is 0 Å². The van der Waals surface area contributed by atoms with Crippen molar-refractivity contribution in [3.8, 4) is 16.9 Å². The molecule has 0 unspecified atom stereocenters. The summed E-state index contributed by atoms with van der Waals surface area (Å²) in [5.41, 5.74) is 3.49. The molecule has 6 nitrogen and oxygen atoms in total. The number of nitrogens with zero attached hydrogens (tertiary/aromatic N) is 3. The molecule has 0 bridgehead atoms. The van der Waals surface area contributed by atoms with Gasteiger partial charge in [-0.2, -0.15) is 5.10 Å². The number of amides is 2. The first-order chi connectivity index (χ1) is 13.6. The van der Waals surface area contributed by atoms with Crippen LogP contribution in [-0.2, 0) is 9.59 Å². The first kappa shape index (κ1) is 19.1. The fourth-order valence-corrected chi connectivity index (χ4v) is 2.70. The van der Waals surface area contributed by atoms with Crippen LogP contribution in [0.15, 0.2) is 72.9 Å². The standard InChI is InChI=1S/C22H22N4O2/c1-23-20(27)16-25(2)21(28)14-13-18-15-26(19-11-7-4-8-12-19)24-22(18)17-9-5-3-6-10-17/h3-15H,16H2,1-2H3,(H,23,27)/b14-13+. The molecule has 28 heavy (non-hydrogen) atoms. The van der Waals surface area contributed by atoms with Gasteiger partial charge in [-0.25, -0.2) is 4.68 Å². The maximum atomic E-state index is 12.3. The minimum Gasteiger partial charge on any atom is -0.358 e. The molecule has 0 atom stereocenters. The predicted molar refractivity (Wildman–Crippen MR) is 110 cm³/mol. The molecule has 6 heteroatoms. The van der Waals surface area contributed by atoms with Crippen LogP contribution in [0, 0.1) is 0 Å². The van der Waals surface area contributed by atoms with Crippen LogP contribution in [0.25, 0.3) is 23.0 Å². The topological polar surface area (TPSA) is 67.2 Å². The van der Waals surface area contributed by atoms with Gasteiger partial charge in [-0.05, 0) is 18.2 Å². The number of nitrogens with one attached hydrogen (secondary N) is 1. The minimum atomic E-state index is -0.255. The average Bonchev–Trinajstić information content (AvgIpc) is 3.17. The van der Waals surface area contributed by atoms with Gasteiger partial charge in [0, 0.05) is 37.5 Å². The van der Waals surface area contributed by atoms with E-state index in [0.29, 0.717) is 0 Å². The van der Waals surface area contributed by atoms with E-state index in [2.05, 4.69) is 5.32 Å². The van der Waals surface area contributed by atoms with E-state index in [9.17, 15) is 9.59 Å². The summed E-state index contributed by atoms with van der Waals surface area (Å²) in [4.78, 5) is 25.1. The summed E-state index contributed by atoms with van der Waals surface area (Å²) in [6.45, 7) is 0.00843. The number of rotatable bonds is 6. The van der Waals surface area contributed by atoms with Crippen LogP contribution in [0.1, 0.15) is 5.56 Å². The summed E-state index contributed by atoms with van der Waals surface area (Å²) < 4.78 is 1.79. The lowest BCUT2D eigenvalue weighted by molar-refractivity contribution is -0.130. The lowest BCUT2D eigenvalue weighted by atomic mass is 10.1. The molecule has 0 radical (unpaired) electrons. The summed E-state index contributed by atoms with van der Waals surface area (Å²) in [6, 6.07) is 19.6. The van der Waals surface area contributed by atoms with Crippen LogP contribution in [0.2, 0.25) is 0 Å². The van der Waals surface area contributed by atoms with E-state index in [0.717, 1.165) is 22.5 Å². The third-order valence-corrected chi connectivity index (χ3v) is 4.25. The van der Waals surface area contributed by atoms with Crippen molar-refractivity contribution in [3.05, 3.63) is 78.5 Å². The van der Waals surface area contributed by atoms with Crippen molar-refractivity contribution in [3.63, 3.8) is 0 Å². The number of benzene rings is 2. The highest BCUT2D eigenvalue weighted by Gasteiger charge is 2.12. The number of carbonyl (C=O) groups excluding carboxylic acids is 2. The van der Waals surface area contributed by atoms with Gasteiger partial charge in [0.2, 0.25) is 11.8 Å². The van der Waals surface area contributed by atoms with Crippen molar-refractivity contribution < 1.29 is 9.59 Å². The van der Waals surface area contributed by atoms with Crippen LogP contribution in [0.5, 0.6) is 0 Å². The maximum Gasteiger partial charge on any atom is 0.246 e. The van der Waals surface area contributed by atoms with Crippen molar-refractivity contribution >= 4 is 17.9 Å². The summed E-state index contributed by atoms with van der Waals surface area (Å²) in [5.74, 6) is -0.471. The third-order valence-electron chi connectivity index (χ3n) is 4.25. The van der Waals surface area contributed by atoms with Crippen molar-refractivity contribution in [1.29, 1.82) is 0 Å². The highest BCUT2D eigenvalue weighted by molar-refractivity contribution is 5.95. The molecule has 1 N–H and O–H groups in total. The van der Waals surface area contributed by atoms with Gasteiger partial charge in [0.05, 0.1) is 17.9 Å². The summed E-state index contributed by atoms with van der Waals surface area (Å²) >= 11 is 0. The van der Waals surface area contributed by atoms with Crippen LogP contribution >= 0.6 is 0 Å². The normalized spacial score (nSPS) is 10.8. The van der Waals surface area contributed by atoms with Crippen LogP contribution in [-0.4, -0.2) is 47.1 Å². The van der Waals surface area contributed by atoms with Crippen molar-refractivity contribution in [2.75, 3.05) is 20.6 Å². The SMILES string of the molecule is CNC(=O)CN(C)C(=O)/C=C/c1cn(-c2ccccc2)nc1-c1ccccc1. The molecule has 0 spiro atoms. The average molecular weight is 374 g/mol. The molecule has 142 valence electrons. The maximum absolute atomic E-state index is 12.3. The molecule has 3 rings (SSSR count). The number of hydrogen-bond acceptors (Lipinski definition) is 3. The smallest absolute Gasteiger partial charge is 0.246 e. The zero-order chi connectivity index (χ0) is 19.9. The van der Waals surface area contributed by atoms with Crippen molar-refractivity contribution in [2.24, 2.45) is 0 Å². The van der Waals surface area contributed by atoms with Crippen molar-refractivity contribution in [1.82, 2.24) is 20.0 Å². The molecule has 0 fully saturated rings. The Kier molecular flexibility index (Phi) is 6.01. The van der Waals surface area contributed by atoms with E-state index in [-0.39, 0.29) is 18.4 Å². The van der Waals surface area contributed by atoms with Gasteiger partial charge < -0.3 is 10.2 Å². The minimum absolute atomic E-state index is 0.00843. The number of para-hydroxylation sites is 1. The Hall–Kier alpha value is -3.67. The van der Waals surface area contributed by atoms with E-state index in [1.165, 1.54) is 11.0 Å². The van der Waals surface area contributed by atoms with E-state index in [1.54, 1.807) is 24.9 Å². The quantitative estimate of drug-likeness (QED) is 0.675. The molecule has 0 aliphatic heterocycles.